The summed E-state index contributed by atoms with van der Waals surface area (Å²) in [6.07, 6.45) is 6.01. The van der Waals surface area contributed by atoms with Gasteiger partial charge in [-0.2, -0.15) is 0 Å². The van der Waals surface area contributed by atoms with Gasteiger partial charge in [0.1, 0.15) is 6.33 Å². The minimum atomic E-state index is 0.683. The summed E-state index contributed by atoms with van der Waals surface area (Å²) in [5.74, 6) is 0.894. The molecule has 1 saturated carbocycles. The molecule has 2 fully saturated rings. The average molecular weight is 219 g/mol. The van der Waals surface area contributed by atoms with Crippen LogP contribution in [0.25, 0.3) is 0 Å². The van der Waals surface area contributed by atoms with E-state index in [0.717, 1.165) is 38.0 Å². The van der Waals surface area contributed by atoms with Crippen LogP contribution in [0.1, 0.15) is 12.8 Å². The van der Waals surface area contributed by atoms with E-state index in [1.807, 2.05) is 0 Å². The van der Waals surface area contributed by atoms with Crippen molar-refractivity contribution < 1.29 is 0 Å². The first-order chi connectivity index (χ1) is 7.84. The van der Waals surface area contributed by atoms with Gasteiger partial charge in [-0.25, -0.2) is 9.97 Å². The number of aromatic nitrogens is 2. The number of hydrogen-bond donors (Lipinski definition) is 1. The quantitative estimate of drug-likeness (QED) is 0.777. The van der Waals surface area contributed by atoms with Crippen LogP contribution in [-0.2, 0) is 0 Å². The lowest BCUT2D eigenvalue weighted by molar-refractivity contribution is 0.247. The molecule has 2 aliphatic rings. The van der Waals surface area contributed by atoms with E-state index in [0.29, 0.717) is 5.69 Å². The summed E-state index contributed by atoms with van der Waals surface area (Å²) < 4.78 is 0. The van der Waals surface area contributed by atoms with E-state index in [1.165, 1.54) is 12.8 Å². The lowest BCUT2D eigenvalue weighted by Crippen LogP contribution is -2.47. The number of piperazine rings is 1. The molecular weight excluding hydrogens is 202 g/mol. The van der Waals surface area contributed by atoms with E-state index in [-0.39, 0.29) is 0 Å². The van der Waals surface area contributed by atoms with Gasteiger partial charge in [0.25, 0.3) is 0 Å². The maximum Gasteiger partial charge on any atom is 0.155 e. The van der Waals surface area contributed by atoms with Crippen molar-refractivity contribution >= 4 is 11.5 Å². The number of nitrogen functional groups attached to an aromatic ring is 1. The predicted molar refractivity (Wildman–Crippen MR) is 63.3 cm³/mol. The number of anilines is 2. The minimum Gasteiger partial charge on any atom is -0.394 e. The summed E-state index contributed by atoms with van der Waals surface area (Å²) in [6, 6.07) is 0.866. The summed E-state index contributed by atoms with van der Waals surface area (Å²) >= 11 is 0. The van der Waals surface area contributed by atoms with E-state index in [4.69, 9.17) is 5.73 Å². The van der Waals surface area contributed by atoms with Crippen LogP contribution in [0.4, 0.5) is 11.5 Å². The zero-order valence-electron chi connectivity index (χ0n) is 9.34. The van der Waals surface area contributed by atoms with Crippen LogP contribution in [0.15, 0.2) is 12.5 Å². The van der Waals surface area contributed by atoms with Crippen molar-refractivity contribution in [2.24, 2.45) is 0 Å². The SMILES string of the molecule is Nc1cncnc1N1CCN(C2CC2)CC1. The summed E-state index contributed by atoms with van der Waals surface area (Å²) in [5, 5.41) is 0. The number of rotatable bonds is 2. The number of nitrogens with two attached hydrogens (primary N) is 1. The normalized spacial score (nSPS) is 22.4. The van der Waals surface area contributed by atoms with Gasteiger partial charge in [0.05, 0.1) is 11.9 Å². The van der Waals surface area contributed by atoms with E-state index >= 15 is 0 Å². The van der Waals surface area contributed by atoms with Gasteiger partial charge >= 0.3 is 0 Å². The minimum absolute atomic E-state index is 0.683. The smallest absolute Gasteiger partial charge is 0.155 e. The van der Waals surface area contributed by atoms with Crippen molar-refractivity contribution in [3.05, 3.63) is 12.5 Å². The average Bonchev–Trinajstić information content (AvgIpc) is 3.14. The molecule has 2 heterocycles. The van der Waals surface area contributed by atoms with Crippen LogP contribution in [0, 0.1) is 0 Å². The molecule has 0 bridgehead atoms. The molecule has 1 aliphatic heterocycles. The van der Waals surface area contributed by atoms with Crippen molar-refractivity contribution in [3.8, 4) is 0 Å². The Morgan fingerprint density at radius 1 is 1.19 bits per heavy atom. The Kier molecular flexibility index (Phi) is 2.40. The maximum atomic E-state index is 5.88. The van der Waals surface area contributed by atoms with Gasteiger partial charge in [0.15, 0.2) is 5.82 Å². The maximum absolute atomic E-state index is 5.88. The first-order valence-corrected chi connectivity index (χ1v) is 5.89. The molecule has 1 saturated heterocycles. The molecule has 1 aromatic rings. The highest BCUT2D eigenvalue weighted by molar-refractivity contribution is 5.61. The highest BCUT2D eigenvalue weighted by atomic mass is 15.3. The Balaban J connectivity index is 1.67. The first kappa shape index (κ1) is 9.84. The second-order valence-corrected chi connectivity index (χ2v) is 4.56. The standard InChI is InChI=1S/C11H17N5/c12-10-7-13-8-14-11(10)16-5-3-15(4-6-16)9-1-2-9/h7-9H,1-6,12H2. The first-order valence-electron chi connectivity index (χ1n) is 5.89. The molecule has 1 aromatic heterocycles. The van der Waals surface area contributed by atoms with Crippen LogP contribution in [0.3, 0.4) is 0 Å². The molecule has 3 rings (SSSR count). The van der Waals surface area contributed by atoms with Crippen LogP contribution in [0.5, 0.6) is 0 Å². The van der Waals surface area contributed by atoms with Gasteiger partial charge in [0, 0.05) is 32.2 Å². The molecule has 5 nitrogen and oxygen atoms in total. The Hall–Kier alpha value is -1.36. The summed E-state index contributed by atoms with van der Waals surface area (Å²) in [4.78, 5) is 13.0. The molecule has 2 N–H and O–H groups in total. The van der Waals surface area contributed by atoms with Crippen molar-refractivity contribution in [3.63, 3.8) is 0 Å². The van der Waals surface area contributed by atoms with Crippen LogP contribution in [-0.4, -0.2) is 47.1 Å². The van der Waals surface area contributed by atoms with E-state index in [2.05, 4.69) is 19.8 Å². The van der Waals surface area contributed by atoms with E-state index in [1.54, 1.807) is 12.5 Å². The zero-order valence-corrected chi connectivity index (χ0v) is 9.34. The Morgan fingerprint density at radius 2 is 1.94 bits per heavy atom. The fourth-order valence-corrected chi connectivity index (χ4v) is 2.34. The Bertz CT molecular complexity index is 368. The predicted octanol–water partition coefficient (Wildman–Crippen LogP) is 0.343. The van der Waals surface area contributed by atoms with Crippen LogP contribution >= 0.6 is 0 Å². The number of hydrogen-bond acceptors (Lipinski definition) is 5. The van der Waals surface area contributed by atoms with Crippen LogP contribution < -0.4 is 10.6 Å². The Labute approximate surface area is 95.3 Å². The van der Waals surface area contributed by atoms with Crippen LogP contribution in [0.2, 0.25) is 0 Å². The second kappa shape index (κ2) is 3.90. The zero-order chi connectivity index (χ0) is 11.0. The van der Waals surface area contributed by atoms with E-state index < -0.39 is 0 Å². The fraction of sp³-hybridized carbons (Fsp3) is 0.636. The lowest BCUT2D eigenvalue weighted by atomic mass is 10.3. The molecule has 86 valence electrons. The van der Waals surface area contributed by atoms with Gasteiger partial charge in [-0.3, -0.25) is 4.90 Å². The third-order valence-corrected chi connectivity index (χ3v) is 3.40. The monoisotopic (exact) mass is 219 g/mol. The van der Waals surface area contributed by atoms with Crippen molar-refractivity contribution in [2.75, 3.05) is 36.8 Å². The topological polar surface area (TPSA) is 58.3 Å². The molecule has 1 aliphatic carbocycles. The summed E-state index contributed by atoms with van der Waals surface area (Å²) in [6.45, 7) is 4.32. The van der Waals surface area contributed by atoms with Crippen molar-refractivity contribution in [1.29, 1.82) is 0 Å². The molecule has 0 amide bonds. The molecule has 5 heteroatoms. The number of nitrogens with zero attached hydrogens (tertiary/aromatic N) is 4. The third kappa shape index (κ3) is 1.82. The summed E-state index contributed by atoms with van der Waals surface area (Å²) in [5.41, 5.74) is 6.56. The highest BCUT2D eigenvalue weighted by Gasteiger charge is 2.31. The lowest BCUT2D eigenvalue weighted by Gasteiger charge is -2.35. The van der Waals surface area contributed by atoms with Gasteiger partial charge in [-0.05, 0) is 12.8 Å². The van der Waals surface area contributed by atoms with Gasteiger partial charge in [-0.1, -0.05) is 0 Å². The highest BCUT2D eigenvalue weighted by Crippen LogP contribution is 2.28. The third-order valence-electron chi connectivity index (χ3n) is 3.40. The van der Waals surface area contributed by atoms with Gasteiger partial charge < -0.3 is 10.6 Å². The Morgan fingerprint density at radius 3 is 2.56 bits per heavy atom. The fourth-order valence-electron chi connectivity index (χ4n) is 2.34. The molecular formula is C11H17N5. The molecule has 0 radical (unpaired) electrons. The van der Waals surface area contributed by atoms with E-state index in [9.17, 15) is 0 Å². The largest absolute Gasteiger partial charge is 0.394 e. The van der Waals surface area contributed by atoms with Gasteiger partial charge in [-0.15, -0.1) is 0 Å². The van der Waals surface area contributed by atoms with Crippen molar-refractivity contribution in [2.45, 2.75) is 18.9 Å². The summed E-state index contributed by atoms with van der Waals surface area (Å²) in [7, 11) is 0. The molecule has 0 spiro atoms. The van der Waals surface area contributed by atoms with Gasteiger partial charge in [0.2, 0.25) is 0 Å². The molecule has 0 unspecified atom stereocenters. The van der Waals surface area contributed by atoms with Crippen molar-refractivity contribution in [1.82, 2.24) is 14.9 Å². The molecule has 16 heavy (non-hydrogen) atoms. The second-order valence-electron chi connectivity index (χ2n) is 4.56. The molecule has 0 aromatic carbocycles. The molecule has 0 atom stereocenters.